The molecule has 1 aromatic heterocycles. The second-order valence-electron chi connectivity index (χ2n) is 2.96. The van der Waals surface area contributed by atoms with Crippen LogP contribution in [0, 0.1) is 0 Å². The third-order valence-corrected chi connectivity index (χ3v) is 1.79. The van der Waals surface area contributed by atoms with Gasteiger partial charge in [-0.05, 0) is 19.1 Å². The fourth-order valence-electron chi connectivity index (χ4n) is 1.08. The number of pyridine rings is 1. The molecule has 0 aliphatic rings. The molecule has 15 heavy (non-hydrogen) atoms. The Morgan fingerprint density at radius 3 is 2.93 bits per heavy atom. The van der Waals surface area contributed by atoms with Crippen molar-refractivity contribution in [3.63, 3.8) is 0 Å². The van der Waals surface area contributed by atoms with Crippen LogP contribution in [0.5, 0.6) is 0 Å². The van der Waals surface area contributed by atoms with E-state index >= 15 is 0 Å². The fraction of sp³-hybridized carbons (Fsp3) is 0.273. The third-order valence-electron chi connectivity index (χ3n) is 1.79. The van der Waals surface area contributed by atoms with Gasteiger partial charge in [-0.15, -0.1) is 6.58 Å². The Balaban J connectivity index is 2.62. The summed E-state index contributed by atoms with van der Waals surface area (Å²) in [4.78, 5) is 15.6. The lowest BCUT2D eigenvalue weighted by molar-refractivity contribution is 0.0957. The fourth-order valence-corrected chi connectivity index (χ4v) is 1.08. The number of carbonyl (C=O) groups is 1. The molecule has 0 bridgehead atoms. The van der Waals surface area contributed by atoms with Crippen LogP contribution in [-0.2, 0) is 0 Å². The normalized spacial score (nSPS) is 9.40. The molecule has 1 heterocycles. The Morgan fingerprint density at radius 2 is 2.40 bits per heavy atom. The van der Waals surface area contributed by atoms with Gasteiger partial charge in [-0.2, -0.15) is 0 Å². The summed E-state index contributed by atoms with van der Waals surface area (Å²) in [7, 11) is 0. The van der Waals surface area contributed by atoms with Gasteiger partial charge in [-0.1, -0.05) is 6.08 Å². The Hall–Kier alpha value is -1.84. The summed E-state index contributed by atoms with van der Waals surface area (Å²) in [5.41, 5.74) is 0.554. The SMILES string of the molecule is C=CCNC(=O)c1ccc(NCC)nc1. The maximum Gasteiger partial charge on any atom is 0.253 e. The number of nitrogens with one attached hydrogen (secondary N) is 2. The van der Waals surface area contributed by atoms with E-state index < -0.39 is 0 Å². The van der Waals surface area contributed by atoms with Crippen molar-refractivity contribution in [1.29, 1.82) is 0 Å². The van der Waals surface area contributed by atoms with Gasteiger partial charge >= 0.3 is 0 Å². The smallest absolute Gasteiger partial charge is 0.253 e. The molecular weight excluding hydrogens is 190 g/mol. The van der Waals surface area contributed by atoms with Crippen LogP contribution in [0.1, 0.15) is 17.3 Å². The summed E-state index contributed by atoms with van der Waals surface area (Å²) in [6.45, 7) is 6.80. The highest BCUT2D eigenvalue weighted by atomic mass is 16.1. The van der Waals surface area contributed by atoms with Gasteiger partial charge in [-0.25, -0.2) is 4.98 Å². The number of aromatic nitrogens is 1. The zero-order valence-corrected chi connectivity index (χ0v) is 8.79. The van der Waals surface area contributed by atoms with Gasteiger partial charge in [0.15, 0.2) is 0 Å². The minimum atomic E-state index is -0.134. The standard InChI is InChI=1S/C11H15N3O/c1-3-7-13-11(15)9-5-6-10(12-4-2)14-8-9/h3,5-6,8H,1,4,7H2,2H3,(H,12,14)(H,13,15). The highest BCUT2D eigenvalue weighted by molar-refractivity contribution is 5.94. The van der Waals surface area contributed by atoms with Crippen molar-refractivity contribution in [2.24, 2.45) is 0 Å². The molecule has 2 N–H and O–H groups in total. The summed E-state index contributed by atoms with van der Waals surface area (Å²) in [5.74, 6) is 0.642. The van der Waals surface area contributed by atoms with Crippen molar-refractivity contribution in [2.75, 3.05) is 18.4 Å². The summed E-state index contributed by atoms with van der Waals surface area (Å²) >= 11 is 0. The molecule has 1 rings (SSSR count). The highest BCUT2D eigenvalue weighted by Gasteiger charge is 2.03. The number of amides is 1. The zero-order chi connectivity index (χ0) is 11.1. The molecule has 1 aromatic rings. The molecule has 4 nitrogen and oxygen atoms in total. The van der Waals surface area contributed by atoms with Gasteiger partial charge in [-0.3, -0.25) is 4.79 Å². The maximum absolute atomic E-state index is 11.5. The summed E-state index contributed by atoms with van der Waals surface area (Å²) in [6.07, 6.45) is 3.19. The summed E-state index contributed by atoms with van der Waals surface area (Å²) in [5, 5.41) is 5.74. The molecule has 0 aliphatic carbocycles. The Labute approximate surface area is 89.4 Å². The van der Waals surface area contributed by atoms with E-state index in [1.165, 1.54) is 0 Å². The largest absolute Gasteiger partial charge is 0.370 e. The number of carbonyl (C=O) groups excluding carboxylic acids is 1. The van der Waals surface area contributed by atoms with Crippen LogP contribution >= 0.6 is 0 Å². The van der Waals surface area contributed by atoms with E-state index in [4.69, 9.17) is 0 Å². The number of anilines is 1. The van der Waals surface area contributed by atoms with E-state index in [1.807, 2.05) is 6.92 Å². The van der Waals surface area contributed by atoms with E-state index in [0.29, 0.717) is 12.1 Å². The molecule has 80 valence electrons. The molecule has 0 atom stereocenters. The van der Waals surface area contributed by atoms with E-state index in [0.717, 1.165) is 12.4 Å². The topological polar surface area (TPSA) is 54.0 Å². The predicted molar refractivity (Wildman–Crippen MR) is 60.9 cm³/mol. The monoisotopic (exact) mass is 205 g/mol. The van der Waals surface area contributed by atoms with Crippen LogP contribution in [0.25, 0.3) is 0 Å². The van der Waals surface area contributed by atoms with E-state index in [9.17, 15) is 4.79 Å². The molecular formula is C11H15N3O. The summed E-state index contributed by atoms with van der Waals surface area (Å²) < 4.78 is 0. The zero-order valence-electron chi connectivity index (χ0n) is 8.79. The van der Waals surface area contributed by atoms with E-state index in [1.54, 1.807) is 24.4 Å². The lowest BCUT2D eigenvalue weighted by Gasteiger charge is -2.04. The van der Waals surface area contributed by atoms with Crippen LogP contribution < -0.4 is 10.6 Å². The first-order valence-electron chi connectivity index (χ1n) is 4.87. The summed E-state index contributed by atoms with van der Waals surface area (Å²) in [6, 6.07) is 3.52. The number of rotatable bonds is 5. The molecule has 0 unspecified atom stereocenters. The van der Waals surface area contributed by atoms with Crippen LogP contribution in [0.15, 0.2) is 31.0 Å². The molecule has 0 spiro atoms. The maximum atomic E-state index is 11.5. The van der Waals surface area contributed by atoms with Crippen LogP contribution in [-0.4, -0.2) is 24.0 Å². The molecule has 4 heteroatoms. The van der Waals surface area contributed by atoms with Crippen molar-refractivity contribution in [3.8, 4) is 0 Å². The van der Waals surface area contributed by atoms with Gasteiger partial charge in [0, 0.05) is 19.3 Å². The first-order valence-corrected chi connectivity index (χ1v) is 4.87. The first kappa shape index (κ1) is 11.2. The molecule has 0 aliphatic heterocycles. The lowest BCUT2D eigenvalue weighted by Crippen LogP contribution is -2.23. The minimum absolute atomic E-state index is 0.134. The van der Waals surface area contributed by atoms with Crippen molar-refractivity contribution in [3.05, 3.63) is 36.5 Å². The van der Waals surface area contributed by atoms with Crippen molar-refractivity contribution < 1.29 is 4.79 Å². The number of nitrogens with zero attached hydrogens (tertiary/aromatic N) is 1. The lowest BCUT2D eigenvalue weighted by atomic mass is 10.2. The van der Waals surface area contributed by atoms with Gasteiger partial charge in [0.25, 0.3) is 5.91 Å². The molecule has 1 amide bonds. The van der Waals surface area contributed by atoms with Crippen LogP contribution in [0.2, 0.25) is 0 Å². The number of hydrogen-bond acceptors (Lipinski definition) is 3. The Morgan fingerprint density at radius 1 is 1.60 bits per heavy atom. The number of hydrogen-bond donors (Lipinski definition) is 2. The highest BCUT2D eigenvalue weighted by Crippen LogP contribution is 2.04. The quantitative estimate of drug-likeness (QED) is 0.715. The molecule has 0 fully saturated rings. The van der Waals surface area contributed by atoms with Crippen molar-refractivity contribution in [2.45, 2.75) is 6.92 Å². The van der Waals surface area contributed by atoms with Gasteiger partial charge in [0.1, 0.15) is 5.82 Å². The molecule has 0 saturated heterocycles. The average molecular weight is 205 g/mol. The molecule has 0 aromatic carbocycles. The van der Waals surface area contributed by atoms with Crippen LogP contribution in [0.3, 0.4) is 0 Å². The van der Waals surface area contributed by atoms with E-state index in [-0.39, 0.29) is 5.91 Å². The van der Waals surface area contributed by atoms with Crippen LogP contribution in [0.4, 0.5) is 5.82 Å². The Bertz CT molecular complexity index is 332. The molecule has 0 saturated carbocycles. The third kappa shape index (κ3) is 3.42. The molecule has 0 radical (unpaired) electrons. The predicted octanol–water partition coefficient (Wildman–Crippen LogP) is 1.43. The Kier molecular flexibility index (Phi) is 4.34. The second kappa shape index (κ2) is 5.80. The first-order chi connectivity index (χ1) is 7.27. The van der Waals surface area contributed by atoms with Crippen molar-refractivity contribution in [1.82, 2.24) is 10.3 Å². The van der Waals surface area contributed by atoms with E-state index in [2.05, 4.69) is 22.2 Å². The van der Waals surface area contributed by atoms with Crippen molar-refractivity contribution >= 4 is 11.7 Å². The van der Waals surface area contributed by atoms with Gasteiger partial charge in [0.05, 0.1) is 5.56 Å². The average Bonchev–Trinajstić information content (AvgIpc) is 2.27. The second-order valence-corrected chi connectivity index (χ2v) is 2.96. The minimum Gasteiger partial charge on any atom is -0.370 e. The van der Waals surface area contributed by atoms with Gasteiger partial charge in [0.2, 0.25) is 0 Å². The van der Waals surface area contributed by atoms with Gasteiger partial charge < -0.3 is 10.6 Å².